The maximum atomic E-state index is 14.1. The van der Waals surface area contributed by atoms with Gasteiger partial charge in [0, 0.05) is 49.9 Å². The van der Waals surface area contributed by atoms with E-state index in [4.69, 9.17) is 14.7 Å². The summed E-state index contributed by atoms with van der Waals surface area (Å²) in [5.41, 5.74) is 3.27. The lowest BCUT2D eigenvalue weighted by molar-refractivity contribution is 0.0770. The lowest BCUT2D eigenvalue weighted by Gasteiger charge is -2.30. The summed E-state index contributed by atoms with van der Waals surface area (Å²) in [5.74, 6) is 0.0465. The SMILES string of the molecule is O=C(c1cc(C2CCCN2c2cncc(F)c2)c2nc(N3CCOCC3)cnc2c1)N1CCS(=O)(=O)CC1. The van der Waals surface area contributed by atoms with Crippen LogP contribution >= 0.6 is 0 Å². The summed E-state index contributed by atoms with van der Waals surface area (Å²) in [6, 6.07) is 4.93. The van der Waals surface area contributed by atoms with Crippen LogP contribution < -0.4 is 9.80 Å². The van der Waals surface area contributed by atoms with Gasteiger partial charge in [-0.2, -0.15) is 0 Å². The third-order valence-corrected chi connectivity index (χ3v) is 9.12. The molecule has 12 heteroatoms. The summed E-state index contributed by atoms with van der Waals surface area (Å²) in [5, 5.41) is 0. The fourth-order valence-electron chi connectivity index (χ4n) is 5.51. The van der Waals surface area contributed by atoms with Gasteiger partial charge < -0.3 is 19.4 Å². The molecule has 0 aliphatic carbocycles. The molecule has 3 saturated heterocycles. The van der Waals surface area contributed by atoms with Crippen molar-refractivity contribution in [3.05, 3.63) is 53.7 Å². The first-order valence-corrected chi connectivity index (χ1v) is 14.7. The lowest BCUT2D eigenvalue weighted by atomic mass is 9.98. The number of sulfone groups is 1. The number of ether oxygens (including phenoxy) is 1. The molecule has 10 nitrogen and oxygen atoms in total. The van der Waals surface area contributed by atoms with Crippen LogP contribution in [0.1, 0.15) is 34.8 Å². The topological polar surface area (TPSA) is 109 Å². The van der Waals surface area contributed by atoms with Crippen molar-refractivity contribution in [2.45, 2.75) is 18.9 Å². The standard InChI is InChI=1S/C26H29FN6O4S/c27-19-14-20(16-28-15-19)33-3-1-2-23(33)21-12-18(26(34)32-6-10-38(35,36)11-7-32)13-22-25(21)30-24(17-29-22)31-4-8-37-9-5-31/h12-17,23H,1-11H2. The molecule has 1 amide bonds. The van der Waals surface area contributed by atoms with E-state index in [0.29, 0.717) is 48.6 Å². The molecule has 3 aromatic rings. The van der Waals surface area contributed by atoms with Crippen molar-refractivity contribution < 1.29 is 22.3 Å². The second-order valence-electron chi connectivity index (χ2n) is 9.92. The number of hydrogen-bond acceptors (Lipinski definition) is 9. The number of pyridine rings is 1. The van der Waals surface area contributed by atoms with Crippen molar-refractivity contribution in [3.63, 3.8) is 0 Å². The van der Waals surface area contributed by atoms with Crippen LogP contribution in [0.25, 0.3) is 11.0 Å². The lowest BCUT2D eigenvalue weighted by Crippen LogP contribution is -2.43. The average molecular weight is 541 g/mol. The first kappa shape index (κ1) is 24.9. The molecular weight excluding hydrogens is 511 g/mol. The van der Waals surface area contributed by atoms with Gasteiger partial charge in [0.25, 0.3) is 5.91 Å². The van der Waals surface area contributed by atoms with Crippen LogP contribution in [0.3, 0.4) is 0 Å². The average Bonchev–Trinajstić information content (AvgIpc) is 3.42. The van der Waals surface area contributed by atoms with Gasteiger partial charge in [-0.05, 0) is 25.0 Å². The summed E-state index contributed by atoms with van der Waals surface area (Å²) in [7, 11) is -3.12. The number of amides is 1. The number of halogens is 1. The van der Waals surface area contributed by atoms with E-state index >= 15 is 0 Å². The van der Waals surface area contributed by atoms with Crippen molar-refractivity contribution in [1.29, 1.82) is 0 Å². The summed E-state index contributed by atoms with van der Waals surface area (Å²) in [6.45, 7) is 3.73. The number of rotatable bonds is 4. The van der Waals surface area contributed by atoms with E-state index in [9.17, 15) is 17.6 Å². The zero-order chi connectivity index (χ0) is 26.3. The van der Waals surface area contributed by atoms with Crippen LogP contribution in [0, 0.1) is 5.82 Å². The molecule has 3 fully saturated rings. The van der Waals surface area contributed by atoms with Gasteiger partial charge in [0.2, 0.25) is 0 Å². The molecular formula is C26H29FN6O4S. The Morgan fingerprint density at radius 1 is 1.00 bits per heavy atom. The van der Waals surface area contributed by atoms with Crippen LogP contribution in [0.5, 0.6) is 0 Å². The van der Waals surface area contributed by atoms with Crippen molar-refractivity contribution in [2.24, 2.45) is 0 Å². The number of hydrogen-bond donors (Lipinski definition) is 0. The van der Waals surface area contributed by atoms with Crippen molar-refractivity contribution >= 4 is 38.3 Å². The molecule has 1 atom stereocenters. The van der Waals surface area contributed by atoms with Gasteiger partial charge in [-0.25, -0.2) is 17.8 Å². The number of fused-ring (bicyclic) bond motifs is 1. The van der Waals surface area contributed by atoms with E-state index < -0.39 is 15.7 Å². The maximum Gasteiger partial charge on any atom is 0.254 e. The Bertz CT molecular complexity index is 1470. The number of benzene rings is 1. The molecule has 3 aliphatic heterocycles. The Morgan fingerprint density at radius 3 is 2.55 bits per heavy atom. The molecule has 38 heavy (non-hydrogen) atoms. The number of morpholine rings is 1. The number of anilines is 2. The third kappa shape index (κ3) is 4.90. The Hall–Kier alpha value is -3.38. The van der Waals surface area contributed by atoms with Crippen LogP contribution in [0.4, 0.5) is 15.9 Å². The zero-order valence-corrected chi connectivity index (χ0v) is 21.7. The zero-order valence-electron chi connectivity index (χ0n) is 20.9. The first-order chi connectivity index (χ1) is 18.4. The molecule has 0 bridgehead atoms. The highest BCUT2D eigenvalue weighted by Gasteiger charge is 2.32. The minimum atomic E-state index is -3.12. The molecule has 0 spiro atoms. The van der Waals surface area contributed by atoms with Gasteiger partial charge in [-0.3, -0.25) is 14.8 Å². The molecule has 200 valence electrons. The van der Waals surface area contributed by atoms with Crippen molar-refractivity contribution in [1.82, 2.24) is 19.9 Å². The maximum absolute atomic E-state index is 14.1. The highest BCUT2D eigenvalue weighted by molar-refractivity contribution is 7.91. The number of aromatic nitrogens is 3. The second-order valence-corrected chi connectivity index (χ2v) is 12.2. The Labute approximate surface area is 220 Å². The van der Waals surface area contributed by atoms with E-state index in [0.717, 1.165) is 30.8 Å². The normalized spacial score (nSPS) is 21.7. The highest BCUT2D eigenvalue weighted by atomic mass is 32.2. The van der Waals surface area contributed by atoms with Gasteiger partial charge in [-0.1, -0.05) is 0 Å². The molecule has 5 heterocycles. The van der Waals surface area contributed by atoms with Crippen molar-refractivity contribution in [3.8, 4) is 0 Å². The summed E-state index contributed by atoms with van der Waals surface area (Å²) in [6.07, 6.45) is 6.25. The minimum Gasteiger partial charge on any atom is -0.378 e. The smallest absolute Gasteiger partial charge is 0.254 e. The van der Waals surface area contributed by atoms with E-state index in [1.54, 1.807) is 23.4 Å². The monoisotopic (exact) mass is 540 g/mol. The first-order valence-electron chi connectivity index (χ1n) is 12.9. The largest absolute Gasteiger partial charge is 0.378 e. The third-order valence-electron chi connectivity index (χ3n) is 7.51. The van der Waals surface area contributed by atoms with E-state index in [1.165, 1.54) is 12.3 Å². The van der Waals surface area contributed by atoms with Gasteiger partial charge in [0.05, 0.1) is 66.1 Å². The van der Waals surface area contributed by atoms with E-state index in [-0.39, 0.29) is 36.5 Å². The minimum absolute atomic E-state index is 0.0368. The molecule has 1 unspecified atom stereocenters. The number of carbonyl (C=O) groups is 1. The van der Waals surface area contributed by atoms with E-state index in [1.807, 2.05) is 6.07 Å². The quantitative estimate of drug-likeness (QED) is 0.492. The van der Waals surface area contributed by atoms with Crippen LogP contribution in [0.2, 0.25) is 0 Å². The van der Waals surface area contributed by atoms with Gasteiger partial charge in [-0.15, -0.1) is 0 Å². The number of nitrogens with zero attached hydrogens (tertiary/aromatic N) is 6. The van der Waals surface area contributed by atoms with Gasteiger partial charge in [0.15, 0.2) is 9.84 Å². The molecule has 1 aromatic carbocycles. The number of carbonyl (C=O) groups excluding carboxylic acids is 1. The Kier molecular flexibility index (Phi) is 6.60. The molecule has 3 aliphatic rings. The summed E-state index contributed by atoms with van der Waals surface area (Å²) < 4.78 is 43.4. The van der Waals surface area contributed by atoms with Crippen LogP contribution in [-0.2, 0) is 14.6 Å². The Balaban J connectivity index is 1.43. The highest BCUT2D eigenvalue weighted by Crippen LogP contribution is 2.39. The van der Waals surface area contributed by atoms with Crippen LogP contribution in [-0.4, -0.2) is 91.6 Å². The second kappa shape index (κ2) is 10.1. The van der Waals surface area contributed by atoms with Crippen LogP contribution in [0.15, 0.2) is 36.8 Å². The summed E-state index contributed by atoms with van der Waals surface area (Å²) >= 11 is 0. The van der Waals surface area contributed by atoms with Gasteiger partial charge in [0.1, 0.15) is 11.6 Å². The van der Waals surface area contributed by atoms with Crippen molar-refractivity contribution in [2.75, 3.05) is 67.2 Å². The fourth-order valence-corrected chi connectivity index (χ4v) is 6.71. The molecule has 6 rings (SSSR count). The molecule has 0 radical (unpaired) electrons. The predicted octanol–water partition coefficient (Wildman–Crippen LogP) is 2.21. The molecule has 0 saturated carbocycles. The van der Waals surface area contributed by atoms with E-state index in [2.05, 4.69) is 14.8 Å². The molecule has 0 N–H and O–H groups in total. The fraction of sp³-hybridized carbons (Fsp3) is 0.462. The predicted molar refractivity (Wildman–Crippen MR) is 141 cm³/mol. The van der Waals surface area contributed by atoms with Gasteiger partial charge >= 0.3 is 0 Å². The molecule has 2 aromatic heterocycles. The Morgan fingerprint density at radius 2 is 1.79 bits per heavy atom. The summed E-state index contributed by atoms with van der Waals surface area (Å²) in [4.78, 5) is 33.1.